The van der Waals surface area contributed by atoms with E-state index in [2.05, 4.69) is 11.9 Å². The summed E-state index contributed by atoms with van der Waals surface area (Å²) in [7, 11) is 1.89. The SMILES string of the molecule is CCCN(C)c1c(C)ccnc1F. The van der Waals surface area contributed by atoms with Crippen molar-refractivity contribution in [3.8, 4) is 0 Å². The van der Waals surface area contributed by atoms with Gasteiger partial charge in [0.1, 0.15) is 0 Å². The number of aromatic nitrogens is 1. The van der Waals surface area contributed by atoms with Crippen LogP contribution in [0, 0.1) is 12.9 Å². The lowest BCUT2D eigenvalue weighted by Crippen LogP contribution is -2.20. The number of halogens is 1. The van der Waals surface area contributed by atoms with E-state index in [0.29, 0.717) is 5.69 Å². The van der Waals surface area contributed by atoms with Crippen molar-refractivity contribution in [2.75, 3.05) is 18.5 Å². The van der Waals surface area contributed by atoms with E-state index < -0.39 is 0 Å². The van der Waals surface area contributed by atoms with E-state index >= 15 is 0 Å². The highest BCUT2D eigenvalue weighted by atomic mass is 19.1. The molecule has 1 aromatic rings. The highest BCUT2D eigenvalue weighted by molar-refractivity contribution is 5.51. The van der Waals surface area contributed by atoms with Crippen molar-refractivity contribution in [3.63, 3.8) is 0 Å². The van der Waals surface area contributed by atoms with Crippen molar-refractivity contribution < 1.29 is 4.39 Å². The minimum atomic E-state index is -0.379. The van der Waals surface area contributed by atoms with Crippen LogP contribution < -0.4 is 4.90 Å². The molecule has 0 fully saturated rings. The number of nitrogens with zero attached hydrogens (tertiary/aromatic N) is 2. The van der Waals surface area contributed by atoms with Gasteiger partial charge in [0.05, 0.1) is 5.69 Å². The predicted octanol–water partition coefficient (Wildman–Crippen LogP) is 2.38. The molecular formula is C10H15FN2. The number of rotatable bonds is 3. The van der Waals surface area contributed by atoms with Gasteiger partial charge in [-0.1, -0.05) is 6.92 Å². The second-order valence-corrected chi connectivity index (χ2v) is 3.19. The first-order valence-corrected chi connectivity index (χ1v) is 4.49. The molecule has 0 aliphatic carbocycles. The number of anilines is 1. The second kappa shape index (κ2) is 4.21. The maximum absolute atomic E-state index is 13.3. The minimum absolute atomic E-state index is 0.379. The third-order valence-corrected chi connectivity index (χ3v) is 2.02. The molecule has 1 rings (SSSR count). The zero-order valence-electron chi connectivity index (χ0n) is 8.34. The van der Waals surface area contributed by atoms with Crippen molar-refractivity contribution in [2.45, 2.75) is 20.3 Å². The highest BCUT2D eigenvalue weighted by Crippen LogP contribution is 2.20. The van der Waals surface area contributed by atoms with Crippen LogP contribution in [0.15, 0.2) is 12.3 Å². The van der Waals surface area contributed by atoms with Gasteiger partial charge >= 0.3 is 0 Å². The molecule has 0 amide bonds. The molecule has 0 spiro atoms. The van der Waals surface area contributed by atoms with Gasteiger partial charge in [0.2, 0.25) is 5.95 Å². The van der Waals surface area contributed by atoms with Crippen LogP contribution >= 0.6 is 0 Å². The minimum Gasteiger partial charge on any atom is -0.371 e. The fourth-order valence-electron chi connectivity index (χ4n) is 1.42. The predicted molar refractivity (Wildman–Crippen MR) is 52.5 cm³/mol. The van der Waals surface area contributed by atoms with Crippen LogP contribution in [-0.4, -0.2) is 18.6 Å². The molecule has 0 aromatic carbocycles. The third kappa shape index (κ3) is 2.17. The van der Waals surface area contributed by atoms with Crippen LogP contribution in [0.5, 0.6) is 0 Å². The summed E-state index contributed by atoms with van der Waals surface area (Å²) in [6.07, 6.45) is 2.50. The summed E-state index contributed by atoms with van der Waals surface area (Å²) in [5, 5.41) is 0. The van der Waals surface area contributed by atoms with E-state index in [1.807, 2.05) is 24.9 Å². The Bertz CT molecular complexity index is 266. The average Bonchev–Trinajstić information content (AvgIpc) is 2.04. The normalized spacial score (nSPS) is 10.2. The van der Waals surface area contributed by atoms with Crippen molar-refractivity contribution >= 4 is 5.69 Å². The summed E-state index contributed by atoms with van der Waals surface area (Å²) < 4.78 is 13.3. The highest BCUT2D eigenvalue weighted by Gasteiger charge is 2.09. The van der Waals surface area contributed by atoms with Crippen LogP contribution in [-0.2, 0) is 0 Å². The van der Waals surface area contributed by atoms with E-state index in [1.54, 1.807) is 0 Å². The molecule has 0 atom stereocenters. The van der Waals surface area contributed by atoms with E-state index in [-0.39, 0.29) is 5.95 Å². The standard InChI is InChI=1S/C10H15FN2/c1-4-7-13(3)9-8(2)5-6-12-10(9)11/h5-6H,4,7H2,1-3H3. The summed E-state index contributed by atoms with van der Waals surface area (Å²) in [5.74, 6) is -0.379. The number of hydrogen-bond donors (Lipinski definition) is 0. The van der Waals surface area contributed by atoms with Crippen LogP contribution in [0.2, 0.25) is 0 Å². The Balaban J connectivity index is 2.98. The second-order valence-electron chi connectivity index (χ2n) is 3.19. The van der Waals surface area contributed by atoms with Gasteiger partial charge in [-0.3, -0.25) is 0 Å². The molecule has 1 aromatic heterocycles. The van der Waals surface area contributed by atoms with E-state index in [1.165, 1.54) is 6.20 Å². The first kappa shape index (κ1) is 9.96. The number of pyridine rings is 1. The fourth-order valence-corrected chi connectivity index (χ4v) is 1.42. The average molecular weight is 182 g/mol. The van der Waals surface area contributed by atoms with E-state index in [0.717, 1.165) is 18.5 Å². The summed E-state index contributed by atoms with van der Waals surface area (Å²) in [4.78, 5) is 5.54. The molecule has 0 saturated carbocycles. The Morgan fingerprint density at radius 2 is 2.23 bits per heavy atom. The van der Waals surface area contributed by atoms with Crippen molar-refractivity contribution in [1.82, 2.24) is 4.98 Å². The summed E-state index contributed by atoms with van der Waals surface area (Å²) in [5.41, 5.74) is 1.55. The molecule has 13 heavy (non-hydrogen) atoms. The molecule has 1 heterocycles. The smallest absolute Gasteiger partial charge is 0.236 e. The molecule has 0 aliphatic rings. The summed E-state index contributed by atoms with van der Waals surface area (Å²) in [6.45, 7) is 4.82. The van der Waals surface area contributed by atoms with E-state index in [4.69, 9.17) is 0 Å². The molecule has 0 aliphatic heterocycles. The first-order chi connectivity index (χ1) is 6.16. The van der Waals surface area contributed by atoms with Crippen LogP contribution in [0.1, 0.15) is 18.9 Å². The van der Waals surface area contributed by atoms with Gasteiger partial charge in [-0.25, -0.2) is 4.98 Å². The molecule has 2 nitrogen and oxygen atoms in total. The summed E-state index contributed by atoms with van der Waals surface area (Å²) in [6, 6.07) is 1.82. The molecule has 72 valence electrons. The topological polar surface area (TPSA) is 16.1 Å². The molecular weight excluding hydrogens is 167 g/mol. The Morgan fingerprint density at radius 3 is 2.77 bits per heavy atom. The fraction of sp³-hybridized carbons (Fsp3) is 0.500. The number of hydrogen-bond acceptors (Lipinski definition) is 2. The lowest BCUT2D eigenvalue weighted by Gasteiger charge is -2.20. The largest absolute Gasteiger partial charge is 0.371 e. The lowest BCUT2D eigenvalue weighted by atomic mass is 10.2. The Hall–Kier alpha value is -1.12. The molecule has 3 heteroatoms. The quantitative estimate of drug-likeness (QED) is 0.667. The Labute approximate surface area is 78.4 Å². The molecule has 0 saturated heterocycles. The molecule has 0 unspecified atom stereocenters. The maximum Gasteiger partial charge on any atom is 0.236 e. The van der Waals surface area contributed by atoms with Gasteiger partial charge in [-0.2, -0.15) is 4.39 Å². The van der Waals surface area contributed by atoms with Crippen LogP contribution in [0.3, 0.4) is 0 Å². The van der Waals surface area contributed by atoms with Gasteiger partial charge < -0.3 is 4.90 Å². The number of aryl methyl sites for hydroxylation is 1. The maximum atomic E-state index is 13.3. The zero-order valence-corrected chi connectivity index (χ0v) is 8.34. The molecule has 0 bridgehead atoms. The van der Waals surface area contributed by atoms with Crippen molar-refractivity contribution in [1.29, 1.82) is 0 Å². The molecule has 0 radical (unpaired) electrons. The zero-order chi connectivity index (χ0) is 9.84. The first-order valence-electron chi connectivity index (χ1n) is 4.49. The van der Waals surface area contributed by atoms with Crippen LogP contribution in [0.25, 0.3) is 0 Å². The van der Waals surface area contributed by atoms with Gasteiger partial charge in [0.25, 0.3) is 0 Å². The van der Waals surface area contributed by atoms with Crippen molar-refractivity contribution in [2.24, 2.45) is 0 Å². The Kier molecular flexibility index (Phi) is 3.23. The van der Waals surface area contributed by atoms with Gasteiger partial charge in [-0.15, -0.1) is 0 Å². The van der Waals surface area contributed by atoms with Gasteiger partial charge in [0, 0.05) is 19.8 Å². The molecule has 0 N–H and O–H groups in total. The Morgan fingerprint density at radius 1 is 1.54 bits per heavy atom. The van der Waals surface area contributed by atoms with Crippen molar-refractivity contribution in [3.05, 3.63) is 23.8 Å². The van der Waals surface area contributed by atoms with Crippen LogP contribution in [0.4, 0.5) is 10.1 Å². The third-order valence-electron chi connectivity index (χ3n) is 2.02. The lowest BCUT2D eigenvalue weighted by molar-refractivity contribution is 0.578. The van der Waals surface area contributed by atoms with Gasteiger partial charge in [0.15, 0.2) is 0 Å². The monoisotopic (exact) mass is 182 g/mol. The van der Waals surface area contributed by atoms with Gasteiger partial charge in [-0.05, 0) is 25.0 Å². The summed E-state index contributed by atoms with van der Waals surface area (Å²) >= 11 is 0. The van der Waals surface area contributed by atoms with E-state index in [9.17, 15) is 4.39 Å².